The van der Waals surface area contributed by atoms with Crippen molar-refractivity contribution in [3.8, 4) is 0 Å². The molecule has 0 bridgehead atoms. The minimum Gasteiger partial charge on any atom is -0.390 e. The maximum Gasteiger partial charge on any atom is 0.0799 e. The minimum atomic E-state index is -0.458. The lowest BCUT2D eigenvalue weighted by Gasteiger charge is -2.24. The van der Waals surface area contributed by atoms with Crippen molar-refractivity contribution in [1.29, 1.82) is 0 Å². The lowest BCUT2D eigenvalue weighted by atomic mass is 9.92. The highest BCUT2D eigenvalue weighted by Gasteiger charge is 2.17. The number of hydrogen-bond donors (Lipinski definition) is 4. The molecule has 0 saturated heterocycles. The second-order valence-electron chi connectivity index (χ2n) is 5.74. The fraction of sp³-hybridized carbons (Fsp3) is 1.00. The van der Waals surface area contributed by atoms with Crippen LogP contribution >= 0.6 is 0 Å². The van der Waals surface area contributed by atoms with Crippen LogP contribution in [-0.4, -0.2) is 34.5 Å². The molecule has 0 heterocycles. The van der Waals surface area contributed by atoms with Crippen molar-refractivity contribution in [2.24, 2.45) is 11.5 Å². The maximum atomic E-state index is 9.23. The first-order valence-corrected chi connectivity index (χ1v) is 7.48. The quantitative estimate of drug-likeness (QED) is 0.526. The van der Waals surface area contributed by atoms with E-state index in [1.165, 1.54) is 25.7 Å². The molecule has 108 valence electrons. The standard InChI is InChI=1S/C8H16O2.C6H14N2/c9-7-5-3-1-2-4-6-8(7)10;7-5-3-1-2-4-6(5)8/h7-10H,1-6H2;5-6H,1-4,7-8H2/t7-,8-;5-,6-/m11/s1. The Morgan fingerprint density at radius 3 is 1.22 bits per heavy atom. The molecule has 6 N–H and O–H groups in total. The average Bonchev–Trinajstić information content (AvgIpc) is 2.35. The van der Waals surface area contributed by atoms with Crippen LogP contribution in [0.25, 0.3) is 0 Å². The van der Waals surface area contributed by atoms with Crippen molar-refractivity contribution in [2.75, 3.05) is 0 Å². The summed E-state index contributed by atoms with van der Waals surface area (Å²) in [4.78, 5) is 0. The zero-order valence-corrected chi connectivity index (χ0v) is 11.4. The summed E-state index contributed by atoms with van der Waals surface area (Å²) >= 11 is 0. The Kier molecular flexibility index (Phi) is 7.82. The highest BCUT2D eigenvalue weighted by Crippen LogP contribution is 2.17. The third kappa shape index (κ3) is 6.14. The normalized spacial score (nSPS) is 38.0. The van der Waals surface area contributed by atoms with Gasteiger partial charge in [0.1, 0.15) is 0 Å². The van der Waals surface area contributed by atoms with Crippen LogP contribution in [0.15, 0.2) is 0 Å². The molecule has 0 aromatic carbocycles. The van der Waals surface area contributed by atoms with Crippen molar-refractivity contribution < 1.29 is 10.2 Å². The van der Waals surface area contributed by atoms with Gasteiger partial charge in [-0.05, 0) is 25.7 Å². The lowest BCUT2D eigenvalue weighted by Crippen LogP contribution is -2.43. The molecule has 2 aliphatic rings. The van der Waals surface area contributed by atoms with E-state index in [1.54, 1.807) is 0 Å². The van der Waals surface area contributed by atoms with E-state index in [-0.39, 0.29) is 12.1 Å². The molecule has 4 atom stereocenters. The molecule has 0 unspecified atom stereocenters. The first-order valence-electron chi connectivity index (χ1n) is 7.48. The van der Waals surface area contributed by atoms with Crippen LogP contribution in [-0.2, 0) is 0 Å². The molecular formula is C14H30N2O2. The molecule has 2 fully saturated rings. The Hall–Kier alpha value is -0.160. The van der Waals surface area contributed by atoms with Crippen LogP contribution in [0, 0.1) is 0 Å². The van der Waals surface area contributed by atoms with Gasteiger partial charge < -0.3 is 21.7 Å². The Morgan fingerprint density at radius 2 is 0.889 bits per heavy atom. The van der Waals surface area contributed by atoms with E-state index in [1.807, 2.05) is 0 Å². The molecule has 0 amide bonds. The third-order valence-corrected chi connectivity index (χ3v) is 4.07. The zero-order chi connectivity index (χ0) is 13.4. The van der Waals surface area contributed by atoms with Crippen molar-refractivity contribution >= 4 is 0 Å². The second kappa shape index (κ2) is 8.86. The third-order valence-electron chi connectivity index (χ3n) is 4.07. The van der Waals surface area contributed by atoms with Crippen LogP contribution < -0.4 is 11.5 Å². The van der Waals surface area contributed by atoms with Crippen molar-refractivity contribution in [3.63, 3.8) is 0 Å². The summed E-state index contributed by atoms with van der Waals surface area (Å²) in [6, 6.07) is 0.562. The second-order valence-corrected chi connectivity index (χ2v) is 5.74. The van der Waals surface area contributed by atoms with Crippen LogP contribution in [0.5, 0.6) is 0 Å². The topological polar surface area (TPSA) is 92.5 Å². The van der Waals surface area contributed by atoms with Crippen molar-refractivity contribution in [3.05, 3.63) is 0 Å². The van der Waals surface area contributed by atoms with Gasteiger partial charge in [-0.3, -0.25) is 0 Å². The van der Waals surface area contributed by atoms with Gasteiger partial charge in [-0.2, -0.15) is 0 Å². The van der Waals surface area contributed by atoms with Gasteiger partial charge >= 0.3 is 0 Å². The van der Waals surface area contributed by atoms with E-state index in [0.717, 1.165) is 38.5 Å². The van der Waals surface area contributed by atoms with E-state index >= 15 is 0 Å². The number of aliphatic hydroxyl groups is 2. The fourth-order valence-corrected chi connectivity index (χ4v) is 2.63. The fourth-order valence-electron chi connectivity index (χ4n) is 2.63. The molecule has 0 aliphatic heterocycles. The van der Waals surface area contributed by atoms with Crippen molar-refractivity contribution in [1.82, 2.24) is 0 Å². The predicted molar refractivity (Wildman–Crippen MR) is 74.1 cm³/mol. The Bertz CT molecular complexity index is 192. The molecule has 0 aromatic rings. The summed E-state index contributed by atoms with van der Waals surface area (Å²) < 4.78 is 0. The van der Waals surface area contributed by atoms with Gasteiger partial charge in [-0.25, -0.2) is 0 Å². The molecule has 2 saturated carbocycles. The zero-order valence-electron chi connectivity index (χ0n) is 11.4. The molecule has 0 spiro atoms. The molecule has 0 aromatic heterocycles. The minimum absolute atomic E-state index is 0.281. The molecule has 18 heavy (non-hydrogen) atoms. The van der Waals surface area contributed by atoms with Gasteiger partial charge in [0.05, 0.1) is 12.2 Å². The van der Waals surface area contributed by atoms with Gasteiger partial charge in [-0.15, -0.1) is 0 Å². The lowest BCUT2D eigenvalue weighted by molar-refractivity contribution is 0.00303. The Morgan fingerprint density at radius 1 is 0.556 bits per heavy atom. The monoisotopic (exact) mass is 258 g/mol. The van der Waals surface area contributed by atoms with Crippen LogP contribution in [0.3, 0.4) is 0 Å². The van der Waals surface area contributed by atoms with Crippen molar-refractivity contribution in [2.45, 2.75) is 88.5 Å². The number of rotatable bonds is 0. The first-order chi connectivity index (χ1) is 8.61. The van der Waals surface area contributed by atoms with Crippen LogP contribution in [0.2, 0.25) is 0 Å². The smallest absolute Gasteiger partial charge is 0.0799 e. The largest absolute Gasteiger partial charge is 0.390 e. The van der Waals surface area contributed by atoms with Gasteiger partial charge in [0.15, 0.2) is 0 Å². The highest BCUT2D eigenvalue weighted by atomic mass is 16.3. The van der Waals surface area contributed by atoms with E-state index in [4.69, 9.17) is 11.5 Å². The number of nitrogens with two attached hydrogens (primary N) is 2. The molecule has 2 rings (SSSR count). The van der Waals surface area contributed by atoms with E-state index in [2.05, 4.69) is 0 Å². The SMILES string of the molecule is N[C@@H]1CCCC[C@H]1N.O[C@@H]1CCCCCC[C@H]1O. The summed E-state index contributed by atoms with van der Waals surface area (Å²) in [6.45, 7) is 0. The maximum absolute atomic E-state index is 9.23. The highest BCUT2D eigenvalue weighted by molar-refractivity contribution is 4.79. The van der Waals surface area contributed by atoms with Gasteiger partial charge in [-0.1, -0.05) is 38.5 Å². The molecule has 0 radical (unpaired) electrons. The summed E-state index contributed by atoms with van der Waals surface area (Å²) in [5, 5.41) is 18.5. The van der Waals surface area contributed by atoms with E-state index in [0.29, 0.717) is 0 Å². The molecule has 4 heteroatoms. The summed E-state index contributed by atoms with van der Waals surface area (Å²) in [6.07, 6.45) is 10.00. The summed E-state index contributed by atoms with van der Waals surface area (Å²) in [7, 11) is 0. The number of hydrogen-bond acceptors (Lipinski definition) is 4. The van der Waals surface area contributed by atoms with Gasteiger partial charge in [0.2, 0.25) is 0 Å². The van der Waals surface area contributed by atoms with E-state index < -0.39 is 12.2 Å². The van der Waals surface area contributed by atoms with Gasteiger partial charge in [0.25, 0.3) is 0 Å². The number of aliphatic hydroxyl groups excluding tert-OH is 2. The molecule has 4 nitrogen and oxygen atoms in total. The van der Waals surface area contributed by atoms with E-state index in [9.17, 15) is 10.2 Å². The Labute approximate surface area is 111 Å². The average molecular weight is 258 g/mol. The molecular weight excluding hydrogens is 228 g/mol. The van der Waals surface area contributed by atoms with Crippen LogP contribution in [0.1, 0.15) is 64.2 Å². The van der Waals surface area contributed by atoms with Crippen LogP contribution in [0.4, 0.5) is 0 Å². The van der Waals surface area contributed by atoms with Gasteiger partial charge in [0, 0.05) is 12.1 Å². The summed E-state index contributed by atoms with van der Waals surface area (Å²) in [5.74, 6) is 0. The predicted octanol–water partition coefficient (Wildman–Crippen LogP) is 1.28. The first kappa shape index (κ1) is 15.9. The Balaban J connectivity index is 0.000000184. The summed E-state index contributed by atoms with van der Waals surface area (Å²) in [5.41, 5.74) is 11.3. The molecule has 2 aliphatic carbocycles.